The number of rotatable bonds is 4. The van der Waals surface area contributed by atoms with E-state index in [9.17, 15) is 4.79 Å². The minimum Gasteiger partial charge on any atom is -0.369 e. The van der Waals surface area contributed by atoms with E-state index in [0.29, 0.717) is 11.0 Å². The van der Waals surface area contributed by atoms with Gasteiger partial charge in [0.15, 0.2) is 5.82 Å². The number of hydrogen-bond acceptors (Lipinski definition) is 4. The van der Waals surface area contributed by atoms with Crippen molar-refractivity contribution in [1.29, 1.82) is 0 Å². The summed E-state index contributed by atoms with van der Waals surface area (Å²) >= 11 is 1.24. The van der Waals surface area contributed by atoms with Crippen molar-refractivity contribution in [2.24, 2.45) is 5.73 Å². The van der Waals surface area contributed by atoms with E-state index in [1.165, 1.54) is 11.8 Å². The van der Waals surface area contributed by atoms with E-state index in [1.54, 1.807) is 6.92 Å². The van der Waals surface area contributed by atoms with Crippen molar-refractivity contribution in [2.45, 2.75) is 17.3 Å². The van der Waals surface area contributed by atoms with E-state index in [-0.39, 0.29) is 11.2 Å². The third-order valence-electron chi connectivity index (χ3n) is 2.19. The lowest BCUT2D eigenvalue weighted by Crippen LogP contribution is -2.22. The molecule has 0 aliphatic carbocycles. The van der Waals surface area contributed by atoms with Crippen molar-refractivity contribution in [2.75, 3.05) is 0 Å². The first-order chi connectivity index (χ1) is 8.16. The van der Waals surface area contributed by atoms with Crippen LogP contribution in [0.5, 0.6) is 0 Å². The molecule has 0 saturated heterocycles. The van der Waals surface area contributed by atoms with Gasteiger partial charge in [-0.2, -0.15) is 0 Å². The standard InChI is InChI=1S/C11H12N4OS/c1-7(9(12)16)17-11-13-10(14-15-11)8-5-3-2-4-6-8/h2-7H,1H3,(H2,12,16)(H,13,14,15)/t7-/m0/s1. The van der Waals surface area contributed by atoms with E-state index >= 15 is 0 Å². The molecule has 17 heavy (non-hydrogen) atoms. The first kappa shape index (κ1) is 11.7. The summed E-state index contributed by atoms with van der Waals surface area (Å²) in [6.45, 7) is 1.73. The fraction of sp³-hybridized carbons (Fsp3) is 0.182. The Labute approximate surface area is 103 Å². The second-order valence-corrected chi connectivity index (χ2v) is 4.80. The maximum atomic E-state index is 10.9. The lowest BCUT2D eigenvalue weighted by molar-refractivity contribution is -0.117. The summed E-state index contributed by atoms with van der Waals surface area (Å²) in [6, 6.07) is 9.66. The number of nitrogens with zero attached hydrogens (tertiary/aromatic N) is 2. The maximum absolute atomic E-state index is 10.9. The van der Waals surface area contributed by atoms with Crippen molar-refractivity contribution >= 4 is 17.7 Å². The molecule has 0 fully saturated rings. The largest absolute Gasteiger partial charge is 0.369 e. The second-order valence-electron chi connectivity index (χ2n) is 3.50. The molecule has 0 spiro atoms. The molecule has 0 radical (unpaired) electrons. The zero-order valence-corrected chi connectivity index (χ0v) is 10.1. The second kappa shape index (κ2) is 5.01. The minimum atomic E-state index is -0.374. The maximum Gasteiger partial charge on any atom is 0.230 e. The highest BCUT2D eigenvalue weighted by Gasteiger charge is 2.14. The summed E-state index contributed by atoms with van der Waals surface area (Å²) in [5, 5.41) is 7.05. The average molecular weight is 248 g/mol. The molecule has 1 atom stereocenters. The highest BCUT2D eigenvalue weighted by Crippen LogP contribution is 2.21. The number of benzene rings is 1. The van der Waals surface area contributed by atoms with Gasteiger partial charge in [0.2, 0.25) is 11.1 Å². The van der Waals surface area contributed by atoms with Gasteiger partial charge >= 0.3 is 0 Å². The van der Waals surface area contributed by atoms with Crippen molar-refractivity contribution in [3.8, 4) is 11.4 Å². The van der Waals surface area contributed by atoms with Crippen LogP contribution < -0.4 is 5.73 Å². The topological polar surface area (TPSA) is 84.7 Å². The van der Waals surface area contributed by atoms with Gasteiger partial charge in [-0.1, -0.05) is 42.1 Å². The SMILES string of the molecule is C[C@H](Sc1n[nH]c(-c2ccccc2)n1)C(N)=O. The smallest absolute Gasteiger partial charge is 0.230 e. The molecular weight excluding hydrogens is 236 g/mol. The van der Waals surface area contributed by atoms with Crippen molar-refractivity contribution < 1.29 is 4.79 Å². The number of aromatic amines is 1. The van der Waals surface area contributed by atoms with Gasteiger partial charge < -0.3 is 5.73 Å². The summed E-state index contributed by atoms with van der Waals surface area (Å²) in [6.07, 6.45) is 0. The quantitative estimate of drug-likeness (QED) is 0.802. The Bertz CT molecular complexity index is 511. The van der Waals surface area contributed by atoms with Crippen LogP contribution in [0.25, 0.3) is 11.4 Å². The number of amides is 1. The van der Waals surface area contributed by atoms with Crippen LogP contribution in [-0.2, 0) is 4.79 Å². The minimum absolute atomic E-state index is 0.338. The van der Waals surface area contributed by atoms with E-state index < -0.39 is 0 Å². The Hall–Kier alpha value is -1.82. The summed E-state index contributed by atoms with van der Waals surface area (Å²) in [7, 11) is 0. The van der Waals surface area contributed by atoms with Gasteiger partial charge in [-0.3, -0.25) is 9.89 Å². The molecule has 1 aromatic heterocycles. The fourth-order valence-corrected chi connectivity index (χ4v) is 1.92. The predicted octanol–water partition coefficient (Wildman–Crippen LogP) is 1.44. The van der Waals surface area contributed by atoms with Crippen LogP contribution in [-0.4, -0.2) is 26.3 Å². The Morgan fingerprint density at radius 3 is 2.76 bits per heavy atom. The Kier molecular flexibility index (Phi) is 3.43. The van der Waals surface area contributed by atoms with Gasteiger partial charge in [-0.25, -0.2) is 4.98 Å². The number of nitrogens with two attached hydrogens (primary N) is 1. The van der Waals surface area contributed by atoms with Crippen LogP contribution >= 0.6 is 11.8 Å². The Morgan fingerprint density at radius 2 is 2.12 bits per heavy atom. The molecule has 0 bridgehead atoms. The third-order valence-corrected chi connectivity index (χ3v) is 3.17. The van der Waals surface area contributed by atoms with Crippen LogP contribution in [0.1, 0.15) is 6.92 Å². The lowest BCUT2D eigenvalue weighted by Gasteiger charge is -2.01. The molecule has 2 rings (SSSR count). The monoisotopic (exact) mass is 248 g/mol. The van der Waals surface area contributed by atoms with Crippen LogP contribution in [0.2, 0.25) is 0 Å². The molecule has 1 heterocycles. The number of nitrogens with one attached hydrogen (secondary N) is 1. The van der Waals surface area contributed by atoms with Gasteiger partial charge in [0.25, 0.3) is 0 Å². The molecule has 0 aliphatic heterocycles. The number of H-pyrrole nitrogens is 1. The number of hydrogen-bond donors (Lipinski definition) is 2. The molecule has 1 amide bonds. The molecular formula is C11H12N4OS. The highest BCUT2D eigenvalue weighted by molar-refractivity contribution is 8.00. The zero-order valence-electron chi connectivity index (χ0n) is 9.25. The highest BCUT2D eigenvalue weighted by atomic mass is 32.2. The Balaban J connectivity index is 2.14. The molecule has 88 valence electrons. The lowest BCUT2D eigenvalue weighted by atomic mass is 10.2. The first-order valence-electron chi connectivity index (χ1n) is 5.10. The van der Waals surface area contributed by atoms with Gasteiger partial charge in [-0.15, -0.1) is 5.10 Å². The van der Waals surface area contributed by atoms with Crippen LogP contribution in [0, 0.1) is 0 Å². The third kappa shape index (κ3) is 2.85. The van der Waals surface area contributed by atoms with Crippen molar-refractivity contribution in [1.82, 2.24) is 15.2 Å². The molecule has 5 nitrogen and oxygen atoms in total. The summed E-state index contributed by atoms with van der Waals surface area (Å²) < 4.78 is 0. The number of carbonyl (C=O) groups excluding carboxylic acids is 1. The molecule has 1 aromatic carbocycles. The predicted molar refractivity (Wildman–Crippen MR) is 66.3 cm³/mol. The van der Waals surface area contributed by atoms with Crippen molar-refractivity contribution in [3.63, 3.8) is 0 Å². The zero-order chi connectivity index (χ0) is 12.3. The van der Waals surface area contributed by atoms with Gasteiger partial charge in [0.1, 0.15) is 0 Å². The first-order valence-corrected chi connectivity index (χ1v) is 5.98. The van der Waals surface area contributed by atoms with Crippen molar-refractivity contribution in [3.05, 3.63) is 30.3 Å². The molecule has 6 heteroatoms. The Morgan fingerprint density at radius 1 is 1.41 bits per heavy atom. The summed E-state index contributed by atoms with van der Waals surface area (Å²) in [5.41, 5.74) is 6.13. The molecule has 0 unspecified atom stereocenters. The summed E-state index contributed by atoms with van der Waals surface area (Å²) in [5.74, 6) is 0.311. The normalized spacial score (nSPS) is 12.3. The van der Waals surface area contributed by atoms with Crippen LogP contribution in [0.3, 0.4) is 0 Å². The molecule has 3 N–H and O–H groups in total. The molecule has 2 aromatic rings. The fourth-order valence-electron chi connectivity index (χ4n) is 1.24. The number of aromatic nitrogens is 3. The van der Waals surface area contributed by atoms with Crippen LogP contribution in [0.4, 0.5) is 0 Å². The van der Waals surface area contributed by atoms with E-state index in [0.717, 1.165) is 5.56 Å². The van der Waals surface area contributed by atoms with Crippen LogP contribution in [0.15, 0.2) is 35.5 Å². The van der Waals surface area contributed by atoms with E-state index in [1.807, 2.05) is 30.3 Å². The molecule has 0 aliphatic rings. The molecule has 0 saturated carbocycles. The van der Waals surface area contributed by atoms with E-state index in [2.05, 4.69) is 15.2 Å². The van der Waals surface area contributed by atoms with E-state index in [4.69, 9.17) is 5.73 Å². The number of carbonyl (C=O) groups is 1. The van der Waals surface area contributed by atoms with Gasteiger partial charge in [0, 0.05) is 5.56 Å². The number of primary amides is 1. The average Bonchev–Trinajstić information content (AvgIpc) is 2.78. The van der Waals surface area contributed by atoms with Gasteiger partial charge in [0.05, 0.1) is 5.25 Å². The summed E-state index contributed by atoms with van der Waals surface area (Å²) in [4.78, 5) is 15.2. The number of thioether (sulfide) groups is 1. The van der Waals surface area contributed by atoms with Gasteiger partial charge in [-0.05, 0) is 6.92 Å².